The molecule has 0 saturated carbocycles. The van der Waals surface area contributed by atoms with E-state index in [9.17, 15) is 14.7 Å². The van der Waals surface area contributed by atoms with E-state index in [0.29, 0.717) is 10.7 Å². The van der Waals surface area contributed by atoms with Gasteiger partial charge in [-0.2, -0.15) is 0 Å². The number of anilines is 1. The van der Waals surface area contributed by atoms with Gasteiger partial charge in [-0.3, -0.25) is 9.59 Å². The molecule has 0 aliphatic carbocycles. The Labute approximate surface area is 126 Å². The first-order chi connectivity index (χ1) is 9.97. The second-order valence-electron chi connectivity index (χ2n) is 5.29. The fraction of sp³-hybridized carbons (Fsp3) is 0.333. The predicted octanol–water partition coefficient (Wildman–Crippen LogP) is 2.24. The van der Waals surface area contributed by atoms with E-state index < -0.39 is 30.0 Å². The SMILES string of the molecule is Cc1ccc(Cl)cc1NC(=O)[C@@H]1[C@H](C(=O)O)[C@H]2C=C[C@H]1O2. The van der Waals surface area contributed by atoms with Crippen LogP contribution < -0.4 is 5.32 Å². The fourth-order valence-electron chi connectivity index (χ4n) is 2.86. The van der Waals surface area contributed by atoms with E-state index in [-0.39, 0.29) is 5.91 Å². The van der Waals surface area contributed by atoms with Gasteiger partial charge in [0.25, 0.3) is 0 Å². The molecule has 2 heterocycles. The van der Waals surface area contributed by atoms with Gasteiger partial charge in [0.15, 0.2) is 0 Å². The number of halogens is 1. The van der Waals surface area contributed by atoms with Crippen LogP contribution in [-0.4, -0.2) is 29.2 Å². The molecule has 1 amide bonds. The molecular formula is C15H14ClNO4. The van der Waals surface area contributed by atoms with Crippen LogP contribution in [-0.2, 0) is 14.3 Å². The molecule has 0 unspecified atom stereocenters. The molecule has 4 atom stereocenters. The van der Waals surface area contributed by atoms with Gasteiger partial charge in [0.2, 0.25) is 5.91 Å². The van der Waals surface area contributed by atoms with Gasteiger partial charge < -0.3 is 15.2 Å². The summed E-state index contributed by atoms with van der Waals surface area (Å²) in [5.74, 6) is -2.95. The highest BCUT2D eigenvalue weighted by atomic mass is 35.5. The molecule has 2 bridgehead atoms. The first-order valence-electron chi connectivity index (χ1n) is 6.61. The standard InChI is InChI=1S/C15H14ClNO4/c1-7-2-3-8(16)6-9(7)17-14(18)12-10-4-5-11(21-10)13(12)15(19)20/h2-6,10-13H,1H3,(H,17,18)(H,19,20)/t10-,11-,12+,13-/m1/s1. The Hall–Kier alpha value is -1.85. The number of nitrogens with one attached hydrogen (secondary N) is 1. The van der Waals surface area contributed by atoms with Crippen LogP contribution in [0.15, 0.2) is 30.4 Å². The predicted molar refractivity (Wildman–Crippen MR) is 77.2 cm³/mol. The lowest BCUT2D eigenvalue weighted by Crippen LogP contribution is -2.39. The molecule has 21 heavy (non-hydrogen) atoms. The third kappa shape index (κ3) is 2.43. The first kappa shape index (κ1) is 14.1. The number of fused-ring (bicyclic) bond motifs is 2. The molecule has 1 aromatic carbocycles. The summed E-state index contributed by atoms with van der Waals surface area (Å²) >= 11 is 5.92. The number of hydrogen-bond donors (Lipinski definition) is 2. The molecule has 5 nitrogen and oxygen atoms in total. The largest absolute Gasteiger partial charge is 0.481 e. The van der Waals surface area contributed by atoms with E-state index in [0.717, 1.165) is 5.56 Å². The van der Waals surface area contributed by atoms with Gasteiger partial charge in [-0.1, -0.05) is 29.8 Å². The zero-order valence-corrected chi connectivity index (χ0v) is 12.0. The number of hydrogen-bond acceptors (Lipinski definition) is 3. The Morgan fingerprint density at radius 1 is 1.24 bits per heavy atom. The minimum atomic E-state index is -1.02. The summed E-state index contributed by atoms with van der Waals surface area (Å²) in [6.07, 6.45) is 2.45. The van der Waals surface area contributed by atoms with Gasteiger partial charge in [-0.15, -0.1) is 0 Å². The monoisotopic (exact) mass is 307 g/mol. The Balaban J connectivity index is 1.83. The van der Waals surface area contributed by atoms with E-state index in [4.69, 9.17) is 16.3 Å². The Morgan fingerprint density at radius 2 is 1.90 bits per heavy atom. The van der Waals surface area contributed by atoms with Crippen LogP contribution in [0.1, 0.15) is 5.56 Å². The molecule has 6 heteroatoms. The van der Waals surface area contributed by atoms with E-state index in [1.807, 2.05) is 6.92 Å². The molecule has 0 radical (unpaired) electrons. The zero-order valence-electron chi connectivity index (χ0n) is 11.2. The lowest BCUT2D eigenvalue weighted by atomic mass is 9.82. The van der Waals surface area contributed by atoms with E-state index >= 15 is 0 Å². The van der Waals surface area contributed by atoms with E-state index in [2.05, 4.69) is 5.32 Å². The number of amides is 1. The summed E-state index contributed by atoms with van der Waals surface area (Å²) in [7, 11) is 0. The fourth-order valence-corrected chi connectivity index (χ4v) is 3.03. The zero-order chi connectivity index (χ0) is 15.1. The highest BCUT2D eigenvalue weighted by Crippen LogP contribution is 2.40. The molecule has 0 spiro atoms. The van der Waals surface area contributed by atoms with Gasteiger partial charge in [-0.05, 0) is 24.6 Å². The minimum absolute atomic E-state index is 0.357. The molecule has 0 aromatic heterocycles. The van der Waals surface area contributed by atoms with Crippen molar-refractivity contribution in [2.24, 2.45) is 11.8 Å². The van der Waals surface area contributed by atoms with Gasteiger partial charge in [0.1, 0.15) is 5.92 Å². The van der Waals surface area contributed by atoms with E-state index in [1.165, 1.54) is 0 Å². The quantitative estimate of drug-likeness (QED) is 0.840. The Bertz CT molecular complexity index is 643. The maximum Gasteiger partial charge on any atom is 0.310 e. The minimum Gasteiger partial charge on any atom is -0.481 e. The summed E-state index contributed by atoms with van der Waals surface area (Å²) in [6.45, 7) is 1.85. The molecule has 110 valence electrons. The second-order valence-corrected chi connectivity index (χ2v) is 5.72. The van der Waals surface area contributed by atoms with Crippen molar-refractivity contribution < 1.29 is 19.4 Å². The average molecular weight is 308 g/mol. The summed E-state index contributed by atoms with van der Waals surface area (Å²) in [6, 6.07) is 5.17. The van der Waals surface area contributed by atoms with Crippen LogP contribution in [0.5, 0.6) is 0 Å². The van der Waals surface area contributed by atoms with Crippen LogP contribution >= 0.6 is 11.6 Å². The van der Waals surface area contributed by atoms with Crippen molar-refractivity contribution in [2.45, 2.75) is 19.1 Å². The van der Waals surface area contributed by atoms with Crippen molar-refractivity contribution in [3.05, 3.63) is 40.9 Å². The average Bonchev–Trinajstić information content (AvgIpc) is 3.03. The van der Waals surface area contributed by atoms with Crippen LogP contribution in [0.2, 0.25) is 5.02 Å². The first-order valence-corrected chi connectivity index (χ1v) is 6.99. The number of rotatable bonds is 3. The van der Waals surface area contributed by atoms with Crippen LogP contribution in [0.3, 0.4) is 0 Å². The van der Waals surface area contributed by atoms with Crippen molar-refractivity contribution in [1.29, 1.82) is 0 Å². The molecular weight excluding hydrogens is 294 g/mol. The number of ether oxygens (including phenoxy) is 1. The summed E-state index contributed by atoms with van der Waals surface area (Å²) in [4.78, 5) is 23.8. The molecule has 2 N–H and O–H groups in total. The van der Waals surface area contributed by atoms with Gasteiger partial charge >= 0.3 is 5.97 Å². The maximum absolute atomic E-state index is 12.5. The number of carboxylic acids is 1. The van der Waals surface area contributed by atoms with Crippen LogP contribution in [0.25, 0.3) is 0 Å². The normalized spacial score (nSPS) is 29.6. The van der Waals surface area contributed by atoms with Crippen molar-refractivity contribution in [3.8, 4) is 0 Å². The lowest BCUT2D eigenvalue weighted by Gasteiger charge is -2.21. The van der Waals surface area contributed by atoms with Gasteiger partial charge in [0.05, 0.1) is 18.1 Å². The summed E-state index contributed by atoms with van der Waals surface area (Å²) in [5.41, 5.74) is 1.45. The highest BCUT2D eigenvalue weighted by Gasteiger charge is 2.53. The summed E-state index contributed by atoms with van der Waals surface area (Å²) < 4.78 is 5.49. The third-order valence-electron chi connectivity index (χ3n) is 3.94. The van der Waals surface area contributed by atoms with Crippen molar-refractivity contribution >= 4 is 29.2 Å². The van der Waals surface area contributed by atoms with Gasteiger partial charge in [0, 0.05) is 10.7 Å². The molecule has 3 rings (SSSR count). The summed E-state index contributed by atoms with van der Waals surface area (Å²) in [5, 5.41) is 12.6. The van der Waals surface area contributed by atoms with Crippen LogP contribution in [0, 0.1) is 18.8 Å². The maximum atomic E-state index is 12.5. The number of carbonyl (C=O) groups is 2. The Morgan fingerprint density at radius 3 is 2.57 bits per heavy atom. The molecule has 1 saturated heterocycles. The number of carbonyl (C=O) groups excluding carboxylic acids is 1. The van der Waals surface area contributed by atoms with E-state index in [1.54, 1.807) is 30.4 Å². The number of aliphatic carboxylic acids is 1. The van der Waals surface area contributed by atoms with Crippen LogP contribution in [0.4, 0.5) is 5.69 Å². The van der Waals surface area contributed by atoms with Crippen molar-refractivity contribution in [2.75, 3.05) is 5.32 Å². The highest BCUT2D eigenvalue weighted by molar-refractivity contribution is 6.31. The number of benzene rings is 1. The molecule has 2 aliphatic heterocycles. The smallest absolute Gasteiger partial charge is 0.310 e. The molecule has 1 fully saturated rings. The lowest BCUT2D eigenvalue weighted by molar-refractivity contribution is -0.145. The number of carboxylic acid groups (broad SMARTS) is 1. The number of aryl methyl sites for hydroxylation is 1. The van der Waals surface area contributed by atoms with Crippen molar-refractivity contribution in [1.82, 2.24) is 0 Å². The topological polar surface area (TPSA) is 75.6 Å². The molecule has 2 aliphatic rings. The second kappa shape index (κ2) is 5.16. The Kier molecular flexibility index (Phi) is 3.47. The molecule has 1 aromatic rings. The van der Waals surface area contributed by atoms with Gasteiger partial charge in [-0.25, -0.2) is 0 Å². The van der Waals surface area contributed by atoms with Crippen molar-refractivity contribution in [3.63, 3.8) is 0 Å². The third-order valence-corrected chi connectivity index (χ3v) is 4.18.